The number of aryl methyl sites for hydroxylation is 2. The molecule has 0 fully saturated rings. The third kappa shape index (κ3) is 4.06. The van der Waals surface area contributed by atoms with Crippen molar-refractivity contribution in [1.29, 1.82) is 0 Å². The van der Waals surface area contributed by atoms with Crippen molar-refractivity contribution in [3.63, 3.8) is 0 Å². The first-order valence-corrected chi connectivity index (χ1v) is 12.0. The highest BCUT2D eigenvalue weighted by atomic mass is 35.5. The van der Waals surface area contributed by atoms with Gasteiger partial charge in [0.1, 0.15) is 4.83 Å². The molecular weight excluding hydrogens is 438 g/mol. The number of anilines is 1. The summed E-state index contributed by atoms with van der Waals surface area (Å²) < 4.78 is 1.62. The zero-order valence-corrected chi connectivity index (χ0v) is 19.1. The molecule has 0 saturated heterocycles. The number of amides is 1. The van der Waals surface area contributed by atoms with E-state index in [1.807, 2.05) is 13.0 Å². The van der Waals surface area contributed by atoms with Crippen LogP contribution in [0.2, 0.25) is 5.02 Å². The Balaban J connectivity index is 1.61. The second-order valence-corrected chi connectivity index (χ2v) is 9.67. The van der Waals surface area contributed by atoms with E-state index in [0.717, 1.165) is 41.5 Å². The smallest absolute Gasteiger partial charge is 0.263 e. The van der Waals surface area contributed by atoms with Crippen LogP contribution in [0.25, 0.3) is 10.2 Å². The lowest BCUT2D eigenvalue weighted by Crippen LogP contribution is -2.24. The number of aromatic nitrogens is 2. The third-order valence-electron chi connectivity index (χ3n) is 5.23. The second kappa shape index (κ2) is 8.96. The van der Waals surface area contributed by atoms with E-state index in [0.29, 0.717) is 22.4 Å². The maximum atomic E-state index is 13.2. The summed E-state index contributed by atoms with van der Waals surface area (Å²) in [6.07, 6.45) is 5.91. The molecule has 156 valence electrons. The Morgan fingerprint density at radius 3 is 3.00 bits per heavy atom. The van der Waals surface area contributed by atoms with Crippen molar-refractivity contribution in [3.05, 3.63) is 62.2 Å². The highest BCUT2D eigenvalue weighted by Crippen LogP contribution is 2.34. The quantitative estimate of drug-likeness (QED) is 0.312. The summed E-state index contributed by atoms with van der Waals surface area (Å²) >= 11 is 9.01. The lowest BCUT2D eigenvalue weighted by atomic mass is 9.97. The van der Waals surface area contributed by atoms with Crippen molar-refractivity contribution < 1.29 is 4.79 Å². The average Bonchev–Trinajstić information content (AvgIpc) is 3.11. The number of hydrogen-bond donors (Lipinski definition) is 1. The second-order valence-electron chi connectivity index (χ2n) is 7.24. The summed E-state index contributed by atoms with van der Waals surface area (Å²) in [7, 11) is 0. The number of thiophene rings is 1. The van der Waals surface area contributed by atoms with E-state index >= 15 is 0 Å². The van der Waals surface area contributed by atoms with E-state index in [1.54, 1.807) is 34.1 Å². The number of rotatable bonds is 6. The van der Waals surface area contributed by atoms with Crippen molar-refractivity contribution in [3.8, 4) is 0 Å². The molecule has 1 aliphatic carbocycles. The molecule has 0 atom stereocenters. The molecular formula is C22H22ClN3O2S2. The molecule has 4 rings (SSSR count). The Morgan fingerprint density at radius 1 is 1.40 bits per heavy atom. The van der Waals surface area contributed by atoms with Crippen LogP contribution in [0, 0.1) is 6.92 Å². The number of carbonyl (C=O) groups excluding carboxylic acids is 1. The SMILES string of the molecule is C=CCn1c(SCC(=O)Nc2cccc(Cl)c2C)nc2sc3c(c2c1=O)CCCC3. The van der Waals surface area contributed by atoms with Crippen molar-refractivity contribution in [1.82, 2.24) is 9.55 Å². The minimum absolute atomic E-state index is 0.0344. The first-order chi connectivity index (χ1) is 14.5. The minimum atomic E-state index is -0.171. The van der Waals surface area contributed by atoms with Gasteiger partial charge in [0.25, 0.3) is 5.56 Å². The molecule has 3 aromatic rings. The molecule has 0 bridgehead atoms. The van der Waals surface area contributed by atoms with Gasteiger partial charge < -0.3 is 5.32 Å². The van der Waals surface area contributed by atoms with E-state index in [2.05, 4.69) is 11.9 Å². The Morgan fingerprint density at radius 2 is 2.20 bits per heavy atom. The van der Waals surface area contributed by atoms with Crippen LogP contribution in [0.3, 0.4) is 0 Å². The maximum Gasteiger partial charge on any atom is 0.263 e. The van der Waals surface area contributed by atoms with Gasteiger partial charge in [-0.1, -0.05) is 35.5 Å². The number of nitrogens with zero attached hydrogens (tertiary/aromatic N) is 2. The molecule has 1 aromatic carbocycles. The van der Waals surface area contributed by atoms with E-state index in [9.17, 15) is 9.59 Å². The molecule has 5 nitrogen and oxygen atoms in total. The number of benzene rings is 1. The largest absolute Gasteiger partial charge is 0.325 e. The van der Waals surface area contributed by atoms with Crippen LogP contribution in [0.5, 0.6) is 0 Å². The van der Waals surface area contributed by atoms with Crippen molar-refractivity contribution in [2.45, 2.75) is 44.3 Å². The Hall–Kier alpha value is -2.09. The number of thioether (sulfide) groups is 1. The van der Waals surface area contributed by atoms with Gasteiger partial charge in [0.2, 0.25) is 5.91 Å². The molecule has 0 saturated carbocycles. The average molecular weight is 460 g/mol. The molecule has 0 radical (unpaired) electrons. The molecule has 1 amide bonds. The number of fused-ring (bicyclic) bond motifs is 3. The fraction of sp³-hybridized carbons (Fsp3) is 0.318. The van der Waals surface area contributed by atoms with Gasteiger partial charge in [-0.3, -0.25) is 14.2 Å². The fourth-order valence-electron chi connectivity index (χ4n) is 3.68. The van der Waals surface area contributed by atoms with Crippen LogP contribution in [0.1, 0.15) is 28.8 Å². The van der Waals surface area contributed by atoms with Crippen LogP contribution in [-0.2, 0) is 24.2 Å². The van der Waals surface area contributed by atoms with Crippen LogP contribution in [-0.4, -0.2) is 21.2 Å². The zero-order chi connectivity index (χ0) is 21.3. The van der Waals surface area contributed by atoms with E-state index in [1.165, 1.54) is 22.2 Å². The third-order valence-corrected chi connectivity index (χ3v) is 7.80. The number of carbonyl (C=O) groups is 1. The van der Waals surface area contributed by atoms with Crippen molar-refractivity contribution in [2.75, 3.05) is 11.1 Å². The molecule has 0 spiro atoms. The van der Waals surface area contributed by atoms with Gasteiger partial charge in [-0.2, -0.15) is 0 Å². The Bertz CT molecular complexity index is 1200. The molecule has 2 aromatic heterocycles. The molecule has 2 heterocycles. The highest BCUT2D eigenvalue weighted by Gasteiger charge is 2.22. The summed E-state index contributed by atoms with van der Waals surface area (Å²) in [4.78, 5) is 32.6. The number of allylic oxidation sites excluding steroid dienone is 1. The monoisotopic (exact) mass is 459 g/mol. The molecule has 1 aliphatic rings. The molecule has 0 aliphatic heterocycles. The fourth-order valence-corrected chi connectivity index (χ4v) is 5.97. The van der Waals surface area contributed by atoms with Crippen molar-refractivity contribution in [2.24, 2.45) is 0 Å². The van der Waals surface area contributed by atoms with E-state index in [4.69, 9.17) is 16.6 Å². The van der Waals surface area contributed by atoms with Gasteiger partial charge >= 0.3 is 0 Å². The van der Waals surface area contributed by atoms with Gasteiger partial charge in [-0.05, 0) is 55.9 Å². The first kappa shape index (κ1) is 21.2. The maximum absolute atomic E-state index is 13.2. The zero-order valence-electron chi connectivity index (χ0n) is 16.7. The van der Waals surface area contributed by atoms with Crippen LogP contribution in [0.15, 0.2) is 40.8 Å². The number of halogens is 1. The summed E-state index contributed by atoms with van der Waals surface area (Å²) in [6, 6.07) is 5.40. The molecule has 8 heteroatoms. The number of nitrogens with one attached hydrogen (secondary N) is 1. The van der Waals surface area contributed by atoms with Gasteiger partial charge in [0, 0.05) is 22.1 Å². The van der Waals surface area contributed by atoms with Gasteiger partial charge in [0.15, 0.2) is 5.16 Å². The Kier molecular flexibility index (Phi) is 6.32. The molecule has 0 unspecified atom stereocenters. The lowest BCUT2D eigenvalue weighted by molar-refractivity contribution is -0.113. The van der Waals surface area contributed by atoms with Crippen molar-refractivity contribution >= 4 is 56.5 Å². The van der Waals surface area contributed by atoms with Gasteiger partial charge in [-0.15, -0.1) is 17.9 Å². The topological polar surface area (TPSA) is 64.0 Å². The van der Waals surface area contributed by atoms with E-state index < -0.39 is 0 Å². The Labute approximate surface area is 188 Å². The standard InChI is InChI=1S/C22H22ClN3O2S2/c1-3-11-26-21(28)19-14-7-4-5-10-17(14)30-20(19)25-22(26)29-12-18(27)24-16-9-6-8-15(23)13(16)2/h3,6,8-9H,1,4-5,7,10-12H2,2H3,(H,24,27). The predicted octanol–water partition coefficient (Wildman–Crippen LogP) is 5.22. The predicted molar refractivity (Wildman–Crippen MR) is 126 cm³/mol. The highest BCUT2D eigenvalue weighted by molar-refractivity contribution is 7.99. The summed E-state index contributed by atoms with van der Waals surface area (Å²) in [5, 5.41) is 4.79. The summed E-state index contributed by atoms with van der Waals surface area (Å²) in [5.74, 6) is -0.0260. The van der Waals surface area contributed by atoms with Gasteiger partial charge in [-0.25, -0.2) is 4.98 Å². The minimum Gasteiger partial charge on any atom is -0.325 e. The molecule has 30 heavy (non-hydrogen) atoms. The van der Waals surface area contributed by atoms with Gasteiger partial charge in [0.05, 0.1) is 11.1 Å². The van der Waals surface area contributed by atoms with Crippen LogP contribution < -0.4 is 10.9 Å². The lowest BCUT2D eigenvalue weighted by Gasteiger charge is -2.13. The van der Waals surface area contributed by atoms with Crippen LogP contribution >= 0.6 is 34.7 Å². The summed E-state index contributed by atoms with van der Waals surface area (Å²) in [6.45, 7) is 6.00. The van der Waals surface area contributed by atoms with Crippen LogP contribution in [0.4, 0.5) is 5.69 Å². The number of hydrogen-bond acceptors (Lipinski definition) is 5. The molecule has 1 N–H and O–H groups in total. The van der Waals surface area contributed by atoms with E-state index in [-0.39, 0.29) is 17.2 Å². The summed E-state index contributed by atoms with van der Waals surface area (Å²) in [5.41, 5.74) is 2.64. The first-order valence-electron chi connectivity index (χ1n) is 9.83. The normalized spacial score (nSPS) is 13.3.